The minimum atomic E-state index is -3.83. The van der Waals surface area contributed by atoms with Gasteiger partial charge in [-0.2, -0.15) is 4.98 Å². The SMILES string of the molecule is Nc1nc(Nc2cc(Cl)c(S(=O)(=O)c3ccccc3)c(Cl)c2)n[nH]1. The molecule has 0 aliphatic heterocycles. The number of nitrogens with one attached hydrogen (secondary N) is 2. The highest BCUT2D eigenvalue weighted by Gasteiger charge is 2.24. The molecule has 7 nitrogen and oxygen atoms in total. The summed E-state index contributed by atoms with van der Waals surface area (Å²) in [6.45, 7) is 0. The second-order valence-electron chi connectivity index (χ2n) is 4.75. The number of halogens is 2. The van der Waals surface area contributed by atoms with Gasteiger partial charge in [0.05, 0.1) is 14.9 Å². The molecule has 0 fully saturated rings. The molecule has 24 heavy (non-hydrogen) atoms. The van der Waals surface area contributed by atoms with Gasteiger partial charge in [-0.15, -0.1) is 5.10 Å². The van der Waals surface area contributed by atoms with E-state index in [2.05, 4.69) is 20.5 Å². The standard InChI is InChI=1S/C14H11Cl2N5O2S/c15-10-6-8(18-14-19-13(17)20-21-14)7-11(16)12(10)24(22,23)9-4-2-1-3-5-9/h1-7H,(H4,17,18,19,20,21). The second-order valence-corrected chi connectivity index (χ2v) is 7.46. The van der Waals surface area contributed by atoms with E-state index in [9.17, 15) is 8.42 Å². The minimum Gasteiger partial charge on any atom is -0.368 e. The number of nitrogens with zero attached hydrogens (tertiary/aromatic N) is 2. The maximum Gasteiger partial charge on any atom is 0.248 e. The number of sulfone groups is 1. The summed E-state index contributed by atoms with van der Waals surface area (Å²) in [7, 11) is -3.83. The Hall–Kier alpha value is -2.29. The molecular weight excluding hydrogens is 373 g/mol. The molecule has 124 valence electrons. The van der Waals surface area contributed by atoms with Crippen LogP contribution in [0.2, 0.25) is 10.0 Å². The summed E-state index contributed by atoms with van der Waals surface area (Å²) in [6.07, 6.45) is 0. The number of anilines is 3. The maximum absolute atomic E-state index is 12.7. The first kappa shape index (κ1) is 16.6. The van der Waals surface area contributed by atoms with Gasteiger partial charge < -0.3 is 11.1 Å². The molecule has 0 saturated heterocycles. The van der Waals surface area contributed by atoms with Gasteiger partial charge in [0.15, 0.2) is 0 Å². The normalized spacial score (nSPS) is 11.4. The third-order valence-electron chi connectivity index (χ3n) is 3.08. The zero-order valence-electron chi connectivity index (χ0n) is 12.0. The molecule has 10 heteroatoms. The van der Waals surface area contributed by atoms with Gasteiger partial charge in [0, 0.05) is 5.69 Å². The Balaban J connectivity index is 2.02. The Morgan fingerprint density at radius 1 is 1.08 bits per heavy atom. The Kier molecular flexibility index (Phi) is 4.35. The summed E-state index contributed by atoms with van der Waals surface area (Å²) in [4.78, 5) is 3.83. The number of rotatable bonds is 4. The van der Waals surface area contributed by atoms with Crippen LogP contribution in [0.1, 0.15) is 0 Å². The summed E-state index contributed by atoms with van der Waals surface area (Å²) in [5, 5.41) is 9.08. The van der Waals surface area contributed by atoms with E-state index in [1.54, 1.807) is 18.2 Å². The van der Waals surface area contributed by atoms with E-state index in [1.807, 2.05) is 0 Å². The van der Waals surface area contributed by atoms with Crippen LogP contribution >= 0.6 is 23.2 Å². The van der Waals surface area contributed by atoms with Crippen molar-refractivity contribution in [2.24, 2.45) is 0 Å². The van der Waals surface area contributed by atoms with E-state index < -0.39 is 9.84 Å². The quantitative estimate of drug-likeness (QED) is 0.636. The lowest BCUT2D eigenvalue weighted by molar-refractivity contribution is 0.596. The molecule has 0 spiro atoms. The van der Waals surface area contributed by atoms with Gasteiger partial charge >= 0.3 is 0 Å². The number of aromatic nitrogens is 3. The lowest BCUT2D eigenvalue weighted by atomic mass is 10.3. The molecule has 3 rings (SSSR count). The van der Waals surface area contributed by atoms with Gasteiger partial charge in [-0.05, 0) is 24.3 Å². The summed E-state index contributed by atoms with van der Waals surface area (Å²) in [5.74, 6) is 0.344. The highest BCUT2D eigenvalue weighted by molar-refractivity contribution is 7.91. The van der Waals surface area contributed by atoms with Gasteiger partial charge in [0.25, 0.3) is 0 Å². The highest BCUT2D eigenvalue weighted by Crippen LogP contribution is 2.36. The van der Waals surface area contributed by atoms with Gasteiger partial charge in [0.2, 0.25) is 21.7 Å². The first-order valence-electron chi connectivity index (χ1n) is 6.62. The van der Waals surface area contributed by atoms with Crippen LogP contribution in [0.5, 0.6) is 0 Å². The average Bonchev–Trinajstić information content (AvgIpc) is 2.92. The molecule has 0 radical (unpaired) electrons. The second kappa shape index (κ2) is 6.31. The van der Waals surface area contributed by atoms with Crippen molar-refractivity contribution < 1.29 is 8.42 Å². The van der Waals surface area contributed by atoms with Gasteiger partial charge in [-0.25, -0.2) is 13.5 Å². The number of hydrogen-bond donors (Lipinski definition) is 3. The van der Waals surface area contributed by atoms with Crippen LogP contribution in [0.3, 0.4) is 0 Å². The van der Waals surface area contributed by atoms with Crippen molar-refractivity contribution >= 4 is 50.6 Å². The number of nitrogens with two attached hydrogens (primary N) is 1. The number of hydrogen-bond acceptors (Lipinski definition) is 6. The van der Waals surface area contributed by atoms with Crippen molar-refractivity contribution in [3.05, 3.63) is 52.5 Å². The fourth-order valence-electron chi connectivity index (χ4n) is 2.07. The van der Waals surface area contributed by atoms with E-state index in [0.717, 1.165) is 0 Å². The smallest absolute Gasteiger partial charge is 0.248 e. The van der Waals surface area contributed by atoms with Crippen LogP contribution in [0.4, 0.5) is 17.6 Å². The van der Waals surface area contributed by atoms with Crippen LogP contribution in [0.15, 0.2) is 52.3 Å². The van der Waals surface area contributed by atoms with Crippen LogP contribution in [0.25, 0.3) is 0 Å². The molecule has 2 aromatic carbocycles. The molecule has 0 aliphatic rings. The zero-order chi connectivity index (χ0) is 17.3. The molecule has 0 bridgehead atoms. The van der Waals surface area contributed by atoms with Crippen LogP contribution < -0.4 is 11.1 Å². The fourth-order valence-corrected chi connectivity index (χ4v) is 4.54. The summed E-state index contributed by atoms with van der Waals surface area (Å²) >= 11 is 12.3. The molecule has 0 atom stereocenters. The largest absolute Gasteiger partial charge is 0.368 e. The first-order chi connectivity index (χ1) is 11.4. The van der Waals surface area contributed by atoms with Crippen molar-refractivity contribution in [3.63, 3.8) is 0 Å². The summed E-state index contributed by atoms with van der Waals surface area (Å²) < 4.78 is 25.4. The van der Waals surface area contributed by atoms with Crippen LogP contribution in [0, 0.1) is 0 Å². The van der Waals surface area contributed by atoms with Gasteiger partial charge in [-0.1, -0.05) is 41.4 Å². The fraction of sp³-hybridized carbons (Fsp3) is 0. The van der Waals surface area contributed by atoms with Crippen LogP contribution in [-0.2, 0) is 9.84 Å². The Bertz CT molecular complexity index is 966. The van der Waals surface area contributed by atoms with Crippen molar-refractivity contribution in [2.45, 2.75) is 9.79 Å². The molecule has 0 unspecified atom stereocenters. The molecule has 3 aromatic rings. The Morgan fingerprint density at radius 3 is 2.25 bits per heavy atom. The first-order valence-corrected chi connectivity index (χ1v) is 8.86. The topological polar surface area (TPSA) is 114 Å². The van der Waals surface area contributed by atoms with Crippen molar-refractivity contribution in [3.8, 4) is 0 Å². The number of aromatic amines is 1. The number of H-pyrrole nitrogens is 1. The number of nitrogen functional groups attached to an aromatic ring is 1. The molecule has 0 aliphatic carbocycles. The lowest BCUT2D eigenvalue weighted by Crippen LogP contribution is -2.04. The van der Waals surface area contributed by atoms with E-state index in [4.69, 9.17) is 28.9 Å². The van der Waals surface area contributed by atoms with Crippen LogP contribution in [-0.4, -0.2) is 23.6 Å². The molecule has 4 N–H and O–H groups in total. The predicted molar refractivity (Wildman–Crippen MR) is 92.4 cm³/mol. The molecular formula is C14H11Cl2N5O2S. The lowest BCUT2D eigenvalue weighted by Gasteiger charge is -2.11. The van der Waals surface area contributed by atoms with Gasteiger partial charge in [-0.3, -0.25) is 0 Å². The average molecular weight is 384 g/mol. The molecule has 0 amide bonds. The van der Waals surface area contributed by atoms with E-state index >= 15 is 0 Å². The Labute approximate surface area is 147 Å². The summed E-state index contributed by atoms with van der Waals surface area (Å²) in [5.41, 5.74) is 5.86. The third-order valence-corrected chi connectivity index (χ3v) is 5.77. The molecule has 0 saturated carbocycles. The Morgan fingerprint density at radius 2 is 1.71 bits per heavy atom. The highest BCUT2D eigenvalue weighted by atomic mass is 35.5. The van der Waals surface area contributed by atoms with E-state index in [1.165, 1.54) is 24.3 Å². The third kappa shape index (κ3) is 3.16. The van der Waals surface area contributed by atoms with E-state index in [0.29, 0.717) is 5.69 Å². The summed E-state index contributed by atoms with van der Waals surface area (Å²) in [6, 6.07) is 10.8. The monoisotopic (exact) mass is 383 g/mol. The van der Waals surface area contributed by atoms with Gasteiger partial charge in [0.1, 0.15) is 4.90 Å². The van der Waals surface area contributed by atoms with E-state index in [-0.39, 0.29) is 31.7 Å². The molecule has 1 aromatic heterocycles. The molecule has 1 heterocycles. The predicted octanol–water partition coefficient (Wildman–Crippen LogP) is 3.27. The van der Waals surface area contributed by atoms with Crippen molar-refractivity contribution in [1.29, 1.82) is 0 Å². The maximum atomic E-state index is 12.7. The van der Waals surface area contributed by atoms with Crippen molar-refractivity contribution in [2.75, 3.05) is 11.1 Å². The van der Waals surface area contributed by atoms with Crippen molar-refractivity contribution in [1.82, 2.24) is 15.2 Å². The zero-order valence-corrected chi connectivity index (χ0v) is 14.3. The number of benzene rings is 2. The minimum absolute atomic E-state index is 0.0163.